The average Bonchev–Trinajstić information content (AvgIpc) is 3.21. The lowest BCUT2D eigenvalue weighted by Gasteiger charge is -2.09. The summed E-state index contributed by atoms with van der Waals surface area (Å²) in [4.78, 5) is 28.4. The van der Waals surface area contributed by atoms with Crippen molar-refractivity contribution >= 4 is 23.3 Å². The molecular weight excluding hydrogens is 372 g/mol. The molecule has 0 atom stereocenters. The van der Waals surface area contributed by atoms with Crippen molar-refractivity contribution < 1.29 is 19.1 Å². The van der Waals surface area contributed by atoms with Crippen LogP contribution in [0, 0.1) is 0 Å². The molecule has 29 heavy (non-hydrogen) atoms. The Balaban J connectivity index is 1.31. The van der Waals surface area contributed by atoms with Crippen LogP contribution in [-0.2, 0) is 6.54 Å². The minimum absolute atomic E-state index is 0.178. The number of urea groups is 1. The molecule has 0 bridgehead atoms. The van der Waals surface area contributed by atoms with Crippen LogP contribution in [0.5, 0.6) is 11.5 Å². The van der Waals surface area contributed by atoms with Gasteiger partial charge in [0.2, 0.25) is 6.79 Å². The number of anilines is 2. The zero-order valence-electron chi connectivity index (χ0n) is 15.3. The molecule has 0 fully saturated rings. The Morgan fingerprint density at radius 3 is 2.38 bits per heavy atom. The van der Waals surface area contributed by atoms with Gasteiger partial charge in [-0.25, -0.2) is 4.79 Å². The third-order valence-electron chi connectivity index (χ3n) is 4.24. The quantitative estimate of drug-likeness (QED) is 0.620. The SMILES string of the molecule is O=C(NCc1ccncc1)Nc1ccc(C(=O)Nc2ccc3c(c2)OCO3)cc1. The number of carbonyl (C=O) groups excluding carboxylic acids is 2. The smallest absolute Gasteiger partial charge is 0.319 e. The third-order valence-corrected chi connectivity index (χ3v) is 4.24. The molecule has 1 aromatic heterocycles. The number of hydrogen-bond donors (Lipinski definition) is 3. The highest BCUT2D eigenvalue weighted by Gasteiger charge is 2.14. The lowest BCUT2D eigenvalue weighted by molar-refractivity contribution is 0.102. The van der Waals surface area contributed by atoms with Crippen LogP contribution in [0.15, 0.2) is 67.0 Å². The van der Waals surface area contributed by atoms with Crippen LogP contribution in [0.4, 0.5) is 16.2 Å². The Hall–Kier alpha value is -4.07. The summed E-state index contributed by atoms with van der Waals surface area (Å²) in [5, 5.41) is 8.29. The number of amides is 3. The van der Waals surface area contributed by atoms with Gasteiger partial charge in [0, 0.05) is 41.9 Å². The van der Waals surface area contributed by atoms with Gasteiger partial charge in [-0.2, -0.15) is 0 Å². The van der Waals surface area contributed by atoms with E-state index in [0.29, 0.717) is 35.0 Å². The molecule has 4 rings (SSSR count). The van der Waals surface area contributed by atoms with Crippen molar-refractivity contribution in [3.63, 3.8) is 0 Å². The fraction of sp³-hybridized carbons (Fsp3) is 0.0952. The predicted molar refractivity (Wildman–Crippen MR) is 107 cm³/mol. The predicted octanol–water partition coefficient (Wildman–Crippen LogP) is 3.38. The fourth-order valence-corrected chi connectivity index (χ4v) is 2.74. The Morgan fingerprint density at radius 1 is 0.862 bits per heavy atom. The number of benzene rings is 2. The van der Waals surface area contributed by atoms with Crippen LogP contribution in [0.25, 0.3) is 0 Å². The van der Waals surface area contributed by atoms with Gasteiger partial charge in [0.1, 0.15) is 0 Å². The second-order valence-electron chi connectivity index (χ2n) is 6.26. The van der Waals surface area contributed by atoms with E-state index in [4.69, 9.17) is 9.47 Å². The molecule has 3 amide bonds. The molecule has 0 aliphatic carbocycles. The molecule has 146 valence electrons. The number of hydrogen-bond acceptors (Lipinski definition) is 5. The number of rotatable bonds is 5. The molecule has 0 radical (unpaired) electrons. The minimum Gasteiger partial charge on any atom is -0.454 e. The van der Waals surface area contributed by atoms with Crippen LogP contribution >= 0.6 is 0 Å². The standard InChI is InChI=1S/C21H18N4O4/c26-20(24-17-5-6-18-19(11-17)29-13-28-18)15-1-3-16(4-2-15)25-21(27)23-12-14-7-9-22-10-8-14/h1-11H,12-13H2,(H,24,26)(H2,23,25,27). The van der Waals surface area contributed by atoms with E-state index in [0.717, 1.165) is 5.56 Å². The van der Waals surface area contributed by atoms with Crippen molar-refractivity contribution in [2.45, 2.75) is 6.54 Å². The lowest BCUT2D eigenvalue weighted by Crippen LogP contribution is -2.28. The Bertz CT molecular complexity index is 1020. The van der Waals surface area contributed by atoms with Gasteiger partial charge in [-0.1, -0.05) is 0 Å². The van der Waals surface area contributed by atoms with E-state index in [1.165, 1.54) is 0 Å². The summed E-state index contributed by atoms with van der Waals surface area (Å²) in [6.45, 7) is 0.571. The topological polar surface area (TPSA) is 102 Å². The second kappa shape index (κ2) is 8.30. The molecule has 3 aromatic rings. The zero-order valence-corrected chi connectivity index (χ0v) is 15.3. The molecule has 1 aliphatic rings. The number of nitrogens with one attached hydrogen (secondary N) is 3. The van der Waals surface area contributed by atoms with Crippen LogP contribution in [0.3, 0.4) is 0 Å². The van der Waals surface area contributed by atoms with E-state index >= 15 is 0 Å². The number of pyridine rings is 1. The number of ether oxygens (including phenoxy) is 2. The molecule has 2 aromatic carbocycles. The van der Waals surface area contributed by atoms with E-state index in [1.54, 1.807) is 54.9 Å². The van der Waals surface area contributed by atoms with Crippen molar-refractivity contribution in [1.82, 2.24) is 10.3 Å². The van der Waals surface area contributed by atoms with Gasteiger partial charge in [-0.3, -0.25) is 9.78 Å². The Labute approximate surface area is 166 Å². The van der Waals surface area contributed by atoms with E-state index in [9.17, 15) is 9.59 Å². The normalized spacial score (nSPS) is 11.6. The molecule has 8 nitrogen and oxygen atoms in total. The molecule has 8 heteroatoms. The molecule has 0 spiro atoms. The molecule has 0 saturated carbocycles. The summed E-state index contributed by atoms with van der Waals surface area (Å²) >= 11 is 0. The van der Waals surface area contributed by atoms with Crippen molar-refractivity contribution in [1.29, 1.82) is 0 Å². The molecular formula is C21H18N4O4. The van der Waals surface area contributed by atoms with Crippen LogP contribution in [0.2, 0.25) is 0 Å². The first kappa shape index (κ1) is 18.3. The monoisotopic (exact) mass is 390 g/mol. The van der Waals surface area contributed by atoms with Crippen molar-refractivity contribution in [2.24, 2.45) is 0 Å². The minimum atomic E-state index is -0.334. The van der Waals surface area contributed by atoms with Crippen molar-refractivity contribution in [2.75, 3.05) is 17.4 Å². The summed E-state index contributed by atoms with van der Waals surface area (Å²) in [7, 11) is 0. The highest BCUT2D eigenvalue weighted by molar-refractivity contribution is 6.04. The largest absolute Gasteiger partial charge is 0.454 e. The lowest BCUT2D eigenvalue weighted by atomic mass is 10.2. The van der Waals surface area contributed by atoms with Gasteiger partial charge in [0.25, 0.3) is 5.91 Å². The van der Waals surface area contributed by atoms with Crippen LogP contribution < -0.4 is 25.4 Å². The van der Waals surface area contributed by atoms with Gasteiger partial charge in [-0.05, 0) is 54.1 Å². The molecule has 0 unspecified atom stereocenters. The number of fused-ring (bicyclic) bond motifs is 1. The Kier molecular flexibility index (Phi) is 5.24. The first-order valence-electron chi connectivity index (χ1n) is 8.92. The summed E-state index contributed by atoms with van der Waals surface area (Å²) < 4.78 is 10.6. The highest BCUT2D eigenvalue weighted by Crippen LogP contribution is 2.34. The molecule has 3 N–H and O–H groups in total. The maximum absolute atomic E-state index is 12.4. The number of nitrogens with zero attached hydrogens (tertiary/aromatic N) is 1. The van der Waals surface area contributed by atoms with Gasteiger partial charge in [0.05, 0.1) is 0 Å². The summed E-state index contributed by atoms with van der Waals surface area (Å²) in [5.41, 5.74) is 2.60. The van der Waals surface area contributed by atoms with Crippen molar-refractivity contribution in [3.05, 3.63) is 78.1 Å². The number of carbonyl (C=O) groups is 2. The van der Waals surface area contributed by atoms with Gasteiger partial charge in [0.15, 0.2) is 11.5 Å². The van der Waals surface area contributed by atoms with E-state index in [-0.39, 0.29) is 18.7 Å². The molecule has 0 saturated heterocycles. The average molecular weight is 390 g/mol. The first-order valence-corrected chi connectivity index (χ1v) is 8.92. The van der Waals surface area contributed by atoms with E-state index < -0.39 is 0 Å². The molecule has 2 heterocycles. The maximum atomic E-state index is 12.4. The Morgan fingerprint density at radius 2 is 1.59 bits per heavy atom. The second-order valence-corrected chi connectivity index (χ2v) is 6.26. The van der Waals surface area contributed by atoms with Crippen LogP contribution in [0.1, 0.15) is 15.9 Å². The summed E-state index contributed by atoms with van der Waals surface area (Å²) in [5.74, 6) is 0.985. The fourth-order valence-electron chi connectivity index (χ4n) is 2.74. The van der Waals surface area contributed by atoms with Gasteiger partial charge in [-0.15, -0.1) is 0 Å². The maximum Gasteiger partial charge on any atom is 0.319 e. The van der Waals surface area contributed by atoms with Gasteiger partial charge >= 0.3 is 6.03 Å². The third kappa shape index (κ3) is 4.62. The zero-order chi connectivity index (χ0) is 20.1. The van der Waals surface area contributed by atoms with Crippen molar-refractivity contribution in [3.8, 4) is 11.5 Å². The van der Waals surface area contributed by atoms with Gasteiger partial charge < -0.3 is 25.4 Å². The van der Waals surface area contributed by atoms with E-state index in [1.807, 2.05) is 12.1 Å². The molecule has 1 aliphatic heterocycles. The van der Waals surface area contributed by atoms with Crippen LogP contribution in [-0.4, -0.2) is 23.7 Å². The van der Waals surface area contributed by atoms with E-state index in [2.05, 4.69) is 20.9 Å². The summed E-state index contributed by atoms with van der Waals surface area (Å²) in [6.07, 6.45) is 3.34. The highest BCUT2D eigenvalue weighted by atomic mass is 16.7. The number of aromatic nitrogens is 1. The summed E-state index contributed by atoms with van der Waals surface area (Å²) in [6, 6.07) is 15.1. The first-order chi connectivity index (χ1) is 14.2.